The maximum Gasteiger partial charge on any atom is 0.321 e. The molecular weight excluding hydrogens is 258 g/mol. The van der Waals surface area contributed by atoms with Gasteiger partial charge < -0.3 is 14.6 Å². The summed E-state index contributed by atoms with van der Waals surface area (Å²) in [6.07, 6.45) is 0.843. The van der Waals surface area contributed by atoms with Gasteiger partial charge in [-0.25, -0.2) is 4.68 Å². The van der Waals surface area contributed by atoms with E-state index in [-0.39, 0.29) is 5.92 Å². The monoisotopic (exact) mass is 279 g/mol. The molecule has 2 heterocycles. The quantitative estimate of drug-likeness (QED) is 0.872. The minimum absolute atomic E-state index is 0.244. The lowest BCUT2D eigenvalue weighted by molar-refractivity contribution is 0.369. The number of rotatable bonds is 6. The minimum atomic E-state index is 0.244. The fourth-order valence-electron chi connectivity index (χ4n) is 2.03. The third-order valence-corrected chi connectivity index (χ3v) is 3.07. The number of nitrogens with one attached hydrogen (secondary N) is 1. The molecule has 2 aromatic rings. The number of aryl methyl sites for hydroxylation is 2. The van der Waals surface area contributed by atoms with E-state index in [1.54, 1.807) is 11.8 Å². The molecule has 0 fully saturated rings. The van der Waals surface area contributed by atoms with Crippen molar-refractivity contribution in [2.75, 3.05) is 12.4 Å². The van der Waals surface area contributed by atoms with E-state index in [2.05, 4.69) is 27.5 Å². The molecule has 20 heavy (non-hydrogen) atoms. The molecule has 0 radical (unpaired) electrons. The summed E-state index contributed by atoms with van der Waals surface area (Å²) < 4.78 is 12.3. The van der Waals surface area contributed by atoms with Crippen LogP contribution in [0.3, 0.4) is 0 Å². The molecule has 0 aliphatic heterocycles. The van der Waals surface area contributed by atoms with Gasteiger partial charge in [0.25, 0.3) is 0 Å². The number of anilines is 1. The van der Waals surface area contributed by atoms with Crippen molar-refractivity contribution in [3.63, 3.8) is 0 Å². The van der Waals surface area contributed by atoms with E-state index in [0.717, 1.165) is 23.6 Å². The Morgan fingerprint density at radius 1 is 1.40 bits per heavy atom. The number of methoxy groups -OCH3 is 1. The van der Waals surface area contributed by atoms with Crippen LogP contribution in [0.15, 0.2) is 4.52 Å². The van der Waals surface area contributed by atoms with E-state index in [4.69, 9.17) is 9.26 Å². The second kappa shape index (κ2) is 5.94. The highest BCUT2D eigenvalue weighted by Crippen LogP contribution is 2.23. The number of nitrogens with zero attached hydrogens (tertiary/aromatic N) is 4. The molecule has 7 heteroatoms. The van der Waals surface area contributed by atoms with E-state index >= 15 is 0 Å². The van der Waals surface area contributed by atoms with Crippen molar-refractivity contribution in [3.05, 3.63) is 17.1 Å². The largest absolute Gasteiger partial charge is 0.481 e. The van der Waals surface area contributed by atoms with Crippen LogP contribution in [-0.2, 0) is 20.0 Å². The van der Waals surface area contributed by atoms with Crippen molar-refractivity contribution < 1.29 is 9.26 Å². The number of hydrogen-bond acceptors (Lipinski definition) is 6. The topological polar surface area (TPSA) is 78.0 Å². The highest BCUT2D eigenvalue weighted by molar-refractivity contribution is 5.35. The van der Waals surface area contributed by atoms with Gasteiger partial charge in [-0.1, -0.05) is 25.9 Å². The second-order valence-electron chi connectivity index (χ2n) is 4.88. The van der Waals surface area contributed by atoms with Gasteiger partial charge >= 0.3 is 6.01 Å². The first-order chi connectivity index (χ1) is 9.56. The lowest BCUT2D eigenvalue weighted by Crippen LogP contribution is -2.04. The smallest absolute Gasteiger partial charge is 0.321 e. The zero-order chi connectivity index (χ0) is 14.7. The van der Waals surface area contributed by atoms with Crippen molar-refractivity contribution in [2.24, 2.45) is 7.05 Å². The van der Waals surface area contributed by atoms with Gasteiger partial charge in [0.05, 0.1) is 24.9 Å². The average molecular weight is 279 g/mol. The SMILES string of the molecule is CCc1nn(C)c(OC)c1CNc1nc(C(C)C)no1. The van der Waals surface area contributed by atoms with E-state index in [1.807, 2.05) is 20.9 Å². The molecule has 1 N–H and O–H groups in total. The first-order valence-corrected chi connectivity index (χ1v) is 6.73. The van der Waals surface area contributed by atoms with Crippen LogP contribution in [0.4, 0.5) is 6.01 Å². The van der Waals surface area contributed by atoms with Crippen LogP contribution in [0.25, 0.3) is 0 Å². The summed E-state index contributed by atoms with van der Waals surface area (Å²) in [6, 6.07) is 0.418. The van der Waals surface area contributed by atoms with Gasteiger partial charge in [0.2, 0.25) is 5.88 Å². The zero-order valence-electron chi connectivity index (χ0n) is 12.6. The van der Waals surface area contributed by atoms with E-state index in [0.29, 0.717) is 18.4 Å². The predicted octanol–water partition coefficient (Wildman–Crippen LogP) is 2.11. The summed E-state index contributed by atoms with van der Waals surface area (Å²) in [4.78, 5) is 4.29. The fraction of sp³-hybridized carbons (Fsp3) is 0.615. The summed E-state index contributed by atoms with van der Waals surface area (Å²) in [5.74, 6) is 1.69. The average Bonchev–Trinajstić information content (AvgIpc) is 3.00. The highest BCUT2D eigenvalue weighted by Gasteiger charge is 2.16. The Morgan fingerprint density at radius 3 is 2.70 bits per heavy atom. The van der Waals surface area contributed by atoms with Crippen LogP contribution in [0.5, 0.6) is 5.88 Å². The van der Waals surface area contributed by atoms with Crippen molar-refractivity contribution in [2.45, 2.75) is 39.7 Å². The third kappa shape index (κ3) is 2.76. The normalized spacial score (nSPS) is 11.1. The van der Waals surface area contributed by atoms with Crippen molar-refractivity contribution in [1.82, 2.24) is 19.9 Å². The molecule has 0 amide bonds. The standard InChI is InChI=1S/C13H21N5O2/c1-6-10-9(12(19-5)18(4)16-10)7-14-13-15-11(8(2)3)17-20-13/h8H,6-7H2,1-5H3,(H,14,15,17). The Labute approximate surface area is 118 Å². The van der Waals surface area contributed by atoms with Crippen molar-refractivity contribution >= 4 is 6.01 Å². The summed E-state index contributed by atoms with van der Waals surface area (Å²) in [7, 11) is 3.51. The summed E-state index contributed by atoms with van der Waals surface area (Å²) in [6.45, 7) is 6.65. The Hall–Kier alpha value is -2.05. The van der Waals surface area contributed by atoms with Crippen LogP contribution in [0, 0.1) is 0 Å². The Kier molecular flexibility index (Phi) is 4.26. The number of ether oxygens (including phenoxy) is 1. The van der Waals surface area contributed by atoms with Crippen LogP contribution in [0.2, 0.25) is 0 Å². The van der Waals surface area contributed by atoms with Crippen molar-refractivity contribution in [3.8, 4) is 5.88 Å². The molecule has 0 aromatic carbocycles. The molecule has 0 bridgehead atoms. The minimum Gasteiger partial charge on any atom is -0.481 e. The Bertz CT molecular complexity index is 573. The van der Waals surface area contributed by atoms with Crippen LogP contribution in [0.1, 0.15) is 43.8 Å². The second-order valence-corrected chi connectivity index (χ2v) is 4.88. The molecule has 0 saturated heterocycles. The molecule has 0 unspecified atom stereocenters. The highest BCUT2D eigenvalue weighted by atomic mass is 16.5. The van der Waals surface area contributed by atoms with Gasteiger partial charge in [-0.05, 0) is 6.42 Å². The molecule has 7 nitrogen and oxygen atoms in total. The van der Waals surface area contributed by atoms with Crippen LogP contribution in [-0.4, -0.2) is 27.0 Å². The summed E-state index contributed by atoms with van der Waals surface area (Å²) in [5, 5.41) is 11.5. The molecule has 2 aromatic heterocycles. The molecule has 0 spiro atoms. The molecule has 2 rings (SSSR count). The van der Waals surface area contributed by atoms with E-state index in [1.165, 1.54) is 0 Å². The first kappa shape index (κ1) is 14.4. The van der Waals surface area contributed by atoms with Crippen LogP contribution < -0.4 is 10.1 Å². The zero-order valence-corrected chi connectivity index (χ0v) is 12.6. The predicted molar refractivity (Wildman–Crippen MR) is 74.9 cm³/mol. The molecule has 0 aliphatic rings. The van der Waals surface area contributed by atoms with Crippen molar-refractivity contribution in [1.29, 1.82) is 0 Å². The van der Waals surface area contributed by atoms with E-state index < -0.39 is 0 Å². The fourth-order valence-corrected chi connectivity index (χ4v) is 2.03. The molecular formula is C13H21N5O2. The number of hydrogen-bond donors (Lipinski definition) is 1. The molecule has 0 saturated carbocycles. The summed E-state index contributed by atoms with van der Waals surface area (Å²) in [5.41, 5.74) is 2.02. The number of aromatic nitrogens is 4. The first-order valence-electron chi connectivity index (χ1n) is 6.73. The van der Waals surface area contributed by atoms with Gasteiger partial charge in [-0.15, -0.1) is 0 Å². The van der Waals surface area contributed by atoms with Crippen LogP contribution >= 0.6 is 0 Å². The summed E-state index contributed by atoms with van der Waals surface area (Å²) >= 11 is 0. The van der Waals surface area contributed by atoms with Gasteiger partial charge in [0.1, 0.15) is 0 Å². The Balaban J connectivity index is 2.13. The molecule has 0 aliphatic carbocycles. The Morgan fingerprint density at radius 2 is 2.15 bits per heavy atom. The maximum absolute atomic E-state index is 5.38. The van der Waals surface area contributed by atoms with Gasteiger partial charge in [0.15, 0.2) is 5.82 Å². The third-order valence-electron chi connectivity index (χ3n) is 3.07. The van der Waals surface area contributed by atoms with Gasteiger partial charge in [0, 0.05) is 13.0 Å². The molecule has 110 valence electrons. The van der Waals surface area contributed by atoms with Gasteiger partial charge in [-0.3, -0.25) is 0 Å². The lowest BCUT2D eigenvalue weighted by atomic mass is 10.2. The van der Waals surface area contributed by atoms with Gasteiger partial charge in [-0.2, -0.15) is 10.1 Å². The maximum atomic E-state index is 5.38. The lowest BCUT2D eigenvalue weighted by Gasteiger charge is -2.05. The molecule has 0 atom stereocenters. The van der Waals surface area contributed by atoms with E-state index in [9.17, 15) is 0 Å².